The summed E-state index contributed by atoms with van der Waals surface area (Å²) in [7, 11) is 1.41. The highest BCUT2D eigenvalue weighted by atomic mass is 19.2. The molecule has 6 nitrogen and oxygen atoms in total. The molecule has 1 aromatic carbocycles. The number of allylic oxidation sites excluding steroid dienone is 2. The van der Waals surface area contributed by atoms with Crippen molar-refractivity contribution in [1.29, 1.82) is 0 Å². The zero-order valence-corrected chi connectivity index (χ0v) is 17.2. The van der Waals surface area contributed by atoms with Crippen molar-refractivity contribution in [2.75, 3.05) is 7.11 Å². The maximum Gasteiger partial charge on any atom is 0.167 e. The number of fused-ring (bicyclic) bond motifs is 1. The lowest BCUT2D eigenvalue weighted by molar-refractivity contribution is 0.403. The topological polar surface area (TPSA) is 57.2 Å². The minimum Gasteiger partial charge on any atom is -0.494 e. The van der Waals surface area contributed by atoms with E-state index in [1.807, 2.05) is 29.6 Å². The van der Waals surface area contributed by atoms with E-state index in [4.69, 9.17) is 14.8 Å². The first-order valence-corrected chi connectivity index (χ1v) is 10.2. The van der Waals surface area contributed by atoms with Crippen LogP contribution >= 0.6 is 0 Å². The van der Waals surface area contributed by atoms with Crippen LogP contribution in [-0.4, -0.2) is 31.5 Å². The standard InChI is InChI=1S/C23H21F2N5O/c1-14-7-6-10-19-16(13-26-29(14)19)23-27-22(15-8-4-3-5-9-15)28-30(23)20-11-17(24)18(25)12-21(20)31-2/h3-4,6-7,10-13,15H,5,8-9H2,1-2H3. The lowest BCUT2D eigenvalue weighted by Crippen LogP contribution is -2.06. The fraction of sp³-hybridized carbons (Fsp3) is 0.261. The average Bonchev–Trinajstić information content (AvgIpc) is 3.41. The van der Waals surface area contributed by atoms with Crippen LogP contribution in [0.3, 0.4) is 0 Å². The van der Waals surface area contributed by atoms with Crippen molar-refractivity contribution in [3.63, 3.8) is 0 Å². The monoisotopic (exact) mass is 421 g/mol. The normalized spacial score (nSPS) is 16.2. The highest BCUT2D eigenvalue weighted by molar-refractivity contribution is 5.77. The van der Waals surface area contributed by atoms with E-state index in [9.17, 15) is 8.78 Å². The van der Waals surface area contributed by atoms with Gasteiger partial charge in [0.25, 0.3) is 0 Å². The van der Waals surface area contributed by atoms with Gasteiger partial charge in [0, 0.05) is 23.7 Å². The third-order valence-corrected chi connectivity index (χ3v) is 5.68. The van der Waals surface area contributed by atoms with Crippen molar-refractivity contribution in [2.45, 2.75) is 32.1 Å². The zero-order chi connectivity index (χ0) is 21.5. The molecule has 1 aliphatic carbocycles. The number of ether oxygens (including phenoxy) is 1. The Labute approximate surface area is 177 Å². The summed E-state index contributed by atoms with van der Waals surface area (Å²) in [6.07, 6.45) is 8.74. The van der Waals surface area contributed by atoms with E-state index in [0.29, 0.717) is 11.6 Å². The zero-order valence-electron chi connectivity index (χ0n) is 17.2. The molecule has 0 radical (unpaired) electrons. The Balaban J connectivity index is 1.76. The first-order chi connectivity index (χ1) is 15.1. The Bertz CT molecular complexity index is 1310. The van der Waals surface area contributed by atoms with E-state index in [-0.39, 0.29) is 17.4 Å². The fourth-order valence-corrected chi connectivity index (χ4v) is 4.04. The number of halogens is 2. The summed E-state index contributed by atoms with van der Waals surface area (Å²) in [5.41, 5.74) is 2.86. The van der Waals surface area contributed by atoms with Crippen LogP contribution in [0.25, 0.3) is 22.6 Å². The van der Waals surface area contributed by atoms with Crippen LogP contribution in [0.15, 0.2) is 48.7 Å². The smallest absolute Gasteiger partial charge is 0.167 e. The predicted octanol–water partition coefficient (Wildman–Crippen LogP) is 5.00. The van der Waals surface area contributed by atoms with Crippen LogP contribution < -0.4 is 4.74 Å². The minimum atomic E-state index is -0.980. The second-order valence-electron chi connectivity index (χ2n) is 7.65. The molecule has 158 valence electrons. The van der Waals surface area contributed by atoms with Crippen molar-refractivity contribution < 1.29 is 13.5 Å². The van der Waals surface area contributed by atoms with Gasteiger partial charge in [-0.15, -0.1) is 0 Å². The van der Waals surface area contributed by atoms with Crippen LogP contribution in [0.4, 0.5) is 8.78 Å². The summed E-state index contributed by atoms with van der Waals surface area (Å²) in [4.78, 5) is 4.85. The Morgan fingerprint density at radius 2 is 1.97 bits per heavy atom. The molecule has 5 rings (SSSR count). The largest absolute Gasteiger partial charge is 0.494 e. The van der Waals surface area contributed by atoms with Crippen molar-refractivity contribution >= 4 is 5.52 Å². The first-order valence-electron chi connectivity index (χ1n) is 10.2. The number of aromatic nitrogens is 5. The van der Waals surface area contributed by atoms with Crippen molar-refractivity contribution in [1.82, 2.24) is 24.4 Å². The van der Waals surface area contributed by atoms with Gasteiger partial charge >= 0.3 is 0 Å². The Kier molecular flexibility index (Phi) is 4.77. The van der Waals surface area contributed by atoms with Gasteiger partial charge in [-0.25, -0.2) is 23.0 Å². The van der Waals surface area contributed by atoms with Crippen molar-refractivity contribution in [2.24, 2.45) is 0 Å². The van der Waals surface area contributed by atoms with Gasteiger partial charge in [-0.3, -0.25) is 0 Å². The Morgan fingerprint density at radius 1 is 1.13 bits per heavy atom. The van der Waals surface area contributed by atoms with Crippen LogP contribution in [-0.2, 0) is 0 Å². The van der Waals surface area contributed by atoms with Gasteiger partial charge in [-0.05, 0) is 38.3 Å². The molecule has 0 N–H and O–H groups in total. The SMILES string of the molecule is COc1cc(F)c(F)cc1-n1nc(C2CC=CCC2)nc1-c1cnn2c(C)cccc12. The van der Waals surface area contributed by atoms with E-state index in [1.165, 1.54) is 11.8 Å². The molecule has 0 bridgehead atoms. The molecule has 8 heteroatoms. The van der Waals surface area contributed by atoms with Gasteiger partial charge in [0.2, 0.25) is 0 Å². The van der Waals surface area contributed by atoms with E-state index in [2.05, 4.69) is 17.3 Å². The third kappa shape index (κ3) is 3.28. The van der Waals surface area contributed by atoms with E-state index >= 15 is 0 Å². The maximum atomic E-state index is 14.2. The number of hydrogen-bond acceptors (Lipinski definition) is 4. The number of aryl methyl sites for hydroxylation is 1. The number of nitrogens with zero attached hydrogens (tertiary/aromatic N) is 5. The minimum absolute atomic E-state index is 0.157. The number of benzene rings is 1. The average molecular weight is 421 g/mol. The van der Waals surface area contributed by atoms with E-state index in [1.54, 1.807) is 6.20 Å². The summed E-state index contributed by atoms with van der Waals surface area (Å²) in [6, 6.07) is 7.97. The molecule has 31 heavy (non-hydrogen) atoms. The van der Waals surface area contributed by atoms with E-state index in [0.717, 1.165) is 48.2 Å². The van der Waals surface area contributed by atoms with Gasteiger partial charge in [0.05, 0.1) is 24.4 Å². The second-order valence-corrected chi connectivity index (χ2v) is 7.65. The summed E-state index contributed by atoms with van der Waals surface area (Å²) in [5.74, 6) is -0.452. The molecule has 0 saturated carbocycles. The molecular weight excluding hydrogens is 400 g/mol. The van der Waals surface area contributed by atoms with Crippen LogP contribution in [0.2, 0.25) is 0 Å². The summed E-state index contributed by atoms with van der Waals surface area (Å²) in [5, 5.41) is 9.22. The molecule has 1 atom stereocenters. The highest BCUT2D eigenvalue weighted by Crippen LogP contribution is 2.34. The number of methoxy groups -OCH3 is 1. The van der Waals surface area contributed by atoms with Gasteiger partial charge < -0.3 is 4.74 Å². The van der Waals surface area contributed by atoms with Crippen LogP contribution in [0, 0.1) is 18.6 Å². The molecule has 0 aliphatic heterocycles. The first kappa shape index (κ1) is 19.4. The number of rotatable bonds is 4. The van der Waals surface area contributed by atoms with E-state index < -0.39 is 11.6 Å². The summed E-state index contributed by atoms with van der Waals surface area (Å²) < 4.78 is 36.8. The molecule has 3 heterocycles. The molecule has 0 fully saturated rings. The molecule has 0 saturated heterocycles. The molecule has 1 aliphatic rings. The summed E-state index contributed by atoms with van der Waals surface area (Å²) in [6.45, 7) is 1.96. The molecule has 4 aromatic rings. The third-order valence-electron chi connectivity index (χ3n) is 5.68. The van der Waals surface area contributed by atoms with Crippen LogP contribution in [0.1, 0.15) is 36.7 Å². The van der Waals surface area contributed by atoms with Crippen LogP contribution in [0.5, 0.6) is 5.75 Å². The second kappa shape index (κ2) is 7.61. The Morgan fingerprint density at radius 3 is 2.74 bits per heavy atom. The van der Waals surface area contributed by atoms with Gasteiger partial charge in [0.1, 0.15) is 11.4 Å². The lowest BCUT2D eigenvalue weighted by Gasteiger charge is -2.13. The number of hydrogen-bond donors (Lipinski definition) is 0. The Hall–Kier alpha value is -3.55. The van der Waals surface area contributed by atoms with Gasteiger partial charge in [-0.2, -0.15) is 10.2 Å². The molecule has 0 spiro atoms. The molecule has 0 amide bonds. The quantitative estimate of drug-likeness (QED) is 0.435. The number of pyridine rings is 1. The molecule has 1 unspecified atom stereocenters. The maximum absolute atomic E-state index is 14.2. The highest BCUT2D eigenvalue weighted by Gasteiger charge is 2.25. The van der Waals surface area contributed by atoms with Gasteiger partial charge in [-0.1, -0.05) is 18.2 Å². The molecular formula is C23H21F2N5O. The fourth-order valence-electron chi connectivity index (χ4n) is 4.04. The van der Waals surface area contributed by atoms with Crippen molar-refractivity contribution in [3.05, 3.63) is 71.8 Å². The lowest BCUT2D eigenvalue weighted by atomic mass is 9.94. The summed E-state index contributed by atoms with van der Waals surface area (Å²) >= 11 is 0. The predicted molar refractivity (Wildman–Crippen MR) is 112 cm³/mol. The van der Waals surface area contributed by atoms with Crippen molar-refractivity contribution in [3.8, 4) is 22.8 Å². The van der Waals surface area contributed by atoms with Gasteiger partial charge in [0.15, 0.2) is 23.3 Å². The molecule has 3 aromatic heterocycles.